The maximum atomic E-state index is 5.00. The van der Waals surface area contributed by atoms with Crippen LogP contribution in [0.5, 0.6) is 0 Å². The number of nitrogens with zero attached hydrogens (tertiary/aromatic N) is 2. The van der Waals surface area contributed by atoms with E-state index in [2.05, 4.69) is 49.7 Å². The highest BCUT2D eigenvalue weighted by atomic mass is 32.2. The Kier molecular flexibility index (Phi) is 4.81. The molecule has 1 saturated carbocycles. The van der Waals surface area contributed by atoms with Gasteiger partial charge in [-0.25, -0.2) is 4.98 Å². The standard InChI is InChI=1S/C16H27N3S2/c1-10(2)15-14(7-17-13-5-6-13)21-16(18-15)19-8-11(3)20-12(4)9-19/h10-13,17H,5-9H2,1-4H3. The second kappa shape index (κ2) is 6.47. The topological polar surface area (TPSA) is 28.2 Å². The minimum atomic E-state index is 0.514. The molecule has 1 N–H and O–H groups in total. The third kappa shape index (κ3) is 3.93. The fourth-order valence-corrected chi connectivity index (χ4v) is 5.43. The van der Waals surface area contributed by atoms with E-state index in [1.165, 1.54) is 28.5 Å². The zero-order valence-corrected chi connectivity index (χ0v) is 15.2. The summed E-state index contributed by atoms with van der Waals surface area (Å²) in [6.07, 6.45) is 2.70. The van der Waals surface area contributed by atoms with Gasteiger partial charge in [0.25, 0.3) is 0 Å². The van der Waals surface area contributed by atoms with Crippen molar-refractivity contribution < 1.29 is 0 Å². The van der Waals surface area contributed by atoms with Gasteiger partial charge in [0.15, 0.2) is 5.13 Å². The zero-order chi connectivity index (χ0) is 15.0. The highest BCUT2D eigenvalue weighted by molar-refractivity contribution is 8.00. The van der Waals surface area contributed by atoms with Gasteiger partial charge < -0.3 is 10.2 Å². The van der Waals surface area contributed by atoms with Crippen molar-refractivity contribution in [3.63, 3.8) is 0 Å². The molecule has 118 valence electrons. The molecule has 2 atom stereocenters. The molecule has 0 aromatic carbocycles. The SMILES string of the molecule is CC1CN(c2nc(C(C)C)c(CNC3CC3)s2)CC(C)S1. The molecule has 0 spiro atoms. The number of aromatic nitrogens is 1. The predicted octanol–water partition coefficient (Wildman–Crippen LogP) is 3.85. The smallest absolute Gasteiger partial charge is 0.185 e. The van der Waals surface area contributed by atoms with Crippen molar-refractivity contribution in [3.05, 3.63) is 10.6 Å². The van der Waals surface area contributed by atoms with E-state index in [1.807, 2.05) is 11.3 Å². The van der Waals surface area contributed by atoms with Gasteiger partial charge in [0, 0.05) is 41.1 Å². The molecule has 0 amide bonds. The number of hydrogen-bond acceptors (Lipinski definition) is 5. The molecule has 21 heavy (non-hydrogen) atoms. The monoisotopic (exact) mass is 325 g/mol. The first kappa shape index (κ1) is 15.6. The van der Waals surface area contributed by atoms with E-state index in [0.29, 0.717) is 16.4 Å². The molecule has 2 heterocycles. The summed E-state index contributed by atoms with van der Waals surface area (Å²) in [6, 6.07) is 0.766. The Morgan fingerprint density at radius 2 is 1.90 bits per heavy atom. The number of nitrogens with one attached hydrogen (secondary N) is 1. The van der Waals surface area contributed by atoms with Crippen molar-refractivity contribution in [1.29, 1.82) is 0 Å². The van der Waals surface area contributed by atoms with Crippen molar-refractivity contribution >= 4 is 28.2 Å². The average Bonchev–Trinajstić information content (AvgIpc) is 3.13. The Balaban J connectivity index is 1.76. The summed E-state index contributed by atoms with van der Waals surface area (Å²) >= 11 is 4.01. The largest absolute Gasteiger partial charge is 0.346 e. The Bertz CT molecular complexity index is 472. The van der Waals surface area contributed by atoms with Crippen LogP contribution in [0.3, 0.4) is 0 Å². The summed E-state index contributed by atoms with van der Waals surface area (Å²) in [4.78, 5) is 8.95. The molecule has 1 aromatic heterocycles. The second-order valence-corrected chi connectivity index (χ2v) is 9.72. The first-order chi connectivity index (χ1) is 10.0. The van der Waals surface area contributed by atoms with Crippen LogP contribution in [0.1, 0.15) is 57.0 Å². The van der Waals surface area contributed by atoms with Crippen LogP contribution in [0.4, 0.5) is 5.13 Å². The van der Waals surface area contributed by atoms with Crippen molar-refractivity contribution in [2.45, 2.75) is 69.5 Å². The molecule has 1 aliphatic carbocycles. The van der Waals surface area contributed by atoms with E-state index in [1.54, 1.807) is 0 Å². The van der Waals surface area contributed by atoms with Gasteiger partial charge in [0.05, 0.1) is 5.69 Å². The zero-order valence-electron chi connectivity index (χ0n) is 13.6. The Morgan fingerprint density at radius 1 is 1.24 bits per heavy atom. The van der Waals surface area contributed by atoms with Crippen LogP contribution in [-0.4, -0.2) is 34.6 Å². The van der Waals surface area contributed by atoms with Gasteiger partial charge in [0.1, 0.15) is 0 Å². The fraction of sp³-hybridized carbons (Fsp3) is 0.812. The van der Waals surface area contributed by atoms with Crippen LogP contribution in [0.15, 0.2) is 0 Å². The molecule has 2 unspecified atom stereocenters. The molecular formula is C16H27N3S2. The summed E-state index contributed by atoms with van der Waals surface area (Å²) in [5, 5.41) is 6.29. The number of rotatable bonds is 5. The molecular weight excluding hydrogens is 298 g/mol. The molecule has 3 nitrogen and oxygen atoms in total. The summed E-state index contributed by atoms with van der Waals surface area (Å²) in [5.74, 6) is 0.514. The van der Waals surface area contributed by atoms with Gasteiger partial charge in [-0.2, -0.15) is 11.8 Å². The number of hydrogen-bond donors (Lipinski definition) is 1. The van der Waals surface area contributed by atoms with Crippen LogP contribution in [0, 0.1) is 0 Å². The quantitative estimate of drug-likeness (QED) is 0.890. The van der Waals surface area contributed by atoms with E-state index in [-0.39, 0.29) is 0 Å². The van der Waals surface area contributed by atoms with E-state index < -0.39 is 0 Å². The third-order valence-electron chi connectivity index (χ3n) is 4.08. The molecule has 2 fully saturated rings. The normalized spacial score (nSPS) is 26.6. The highest BCUT2D eigenvalue weighted by Crippen LogP contribution is 2.35. The van der Waals surface area contributed by atoms with Crippen molar-refractivity contribution in [3.8, 4) is 0 Å². The second-order valence-electron chi connectivity index (χ2n) is 6.78. The van der Waals surface area contributed by atoms with Crippen LogP contribution in [-0.2, 0) is 6.54 Å². The number of thioether (sulfide) groups is 1. The van der Waals surface area contributed by atoms with E-state index in [0.717, 1.165) is 25.7 Å². The molecule has 1 aromatic rings. The third-order valence-corrected chi connectivity index (χ3v) is 6.44. The maximum absolute atomic E-state index is 5.00. The number of thiazole rings is 1. The maximum Gasteiger partial charge on any atom is 0.185 e. The van der Waals surface area contributed by atoms with Crippen molar-refractivity contribution in [1.82, 2.24) is 10.3 Å². The van der Waals surface area contributed by atoms with Crippen LogP contribution in [0.2, 0.25) is 0 Å². The van der Waals surface area contributed by atoms with Gasteiger partial charge in [-0.3, -0.25) is 0 Å². The lowest BCUT2D eigenvalue weighted by Crippen LogP contribution is -2.40. The predicted molar refractivity (Wildman–Crippen MR) is 94.8 cm³/mol. The fourth-order valence-electron chi connectivity index (χ4n) is 2.92. The minimum absolute atomic E-state index is 0.514. The molecule has 0 radical (unpaired) electrons. The molecule has 1 saturated heterocycles. The van der Waals surface area contributed by atoms with Gasteiger partial charge in [-0.15, -0.1) is 11.3 Å². The Morgan fingerprint density at radius 3 is 2.48 bits per heavy atom. The first-order valence-electron chi connectivity index (χ1n) is 8.16. The lowest BCUT2D eigenvalue weighted by molar-refractivity contribution is 0.679. The molecule has 1 aliphatic heterocycles. The minimum Gasteiger partial charge on any atom is -0.346 e. The summed E-state index contributed by atoms with van der Waals surface area (Å²) in [7, 11) is 0. The Hall–Kier alpha value is -0.260. The lowest BCUT2D eigenvalue weighted by Gasteiger charge is -2.34. The summed E-state index contributed by atoms with van der Waals surface area (Å²) in [5.41, 5.74) is 1.31. The average molecular weight is 326 g/mol. The summed E-state index contributed by atoms with van der Waals surface area (Å²) < 4.78 is 0. The van der Waals surface area contributed by atoms with Crippen molar-refractivity contribution in [2.75, 3.05) is 18.0 Å². The first-order valence-corrected chi connectivity index (χ1v) is 9.92. The molecule has 0 bridgehead atoms. The molecule has 3 rings (SSSR count). The van der Waals surface area contributed by atoms with Gasteiger partial charge in [-0.05, 0) is 18.8 Å². The molecule has 5 heteroatoms. The van der Waals surface area contributed by atoms with Gasteiger partial charge in [0.2, 0.25) is 0 Å². The highest BCUT2D eigenvalue weighted by Gasteiger charge is 2.27. The van der Waals surface area contributed by atoms with Gasteiger partial charge in [-0.1, -0.05) is 27.7 Å². The van der Waals surface area contributed by atoms with Gasteiger partial charge >= 0.3 is 0 Å². The van der Waals surface area contributed by atoms with Crippen molar-refractivity contribution in [2.24, 2.45) is 0 Å². The van der Waals surface area contributed by atoms with E-state index >= 15 is 0 Å². The van der Waals surface area contributed by atoms with Crippen LogP contribution in [0.25, 0.3) is 0 Å². The molecule has 2 aliphatic rings. The Labute approximate surface area is 136 Å². The number of anilines is 1. The van der Waals surface area contributed by atoms with Crippen LogP contribution < -0.4 is 10.2 Å². The van der Waals surface area contributed by atoms with Crippen LogP contribution >= 0.6 is 23.1 Å². The van der Waals surface area contributed by atoms with E-state index in [4.69, 9.17) is 4.98 Å². The lowest BCUT2D eigenvalue weighted by atomic mass is 10.1. The van der Waals surface area contributed by atoms with E-state index in [9.17, 15) is 0 Å². The summed E-state index contributed by atoms with van der Waals surface area (Å²) in [6.45, 7) is 12.5.